The summed E-state index contributed by atoms with van der Waals surface area (Å²) in [7, 11) is 0. The molecule has 2 amide bonds. The van der Waals surface area contributed by atoms with Crippen molar-refractivity contribution in [2.75, 3.05) is 6.61 Å². The second-order valence-electron chi connectivity index (χ2n) is 8.92. The first-order chi connectivity index (χ1) is 16.8. The number of benzene rings is 3. The van der Waals surface area contributed by atoms with E-state index in [9.17, 15) is 19.5 Å². The summed E-state index contributed by atoms with van der Waals surface area (Å²) in [6.45, 7) is 3.28. The fourth-order valence-corrected chi connectivity index (χ4v) is 4.52. The largest absolute Gasteiger partial charge is 0.479 e. The van der Waals surface area contributed by atoms with Gasteiger partial charge in [-0.25, -0.2) is 9.59 Å². The number of ether oxygens (including phenoxy) is 1. The van der Waals surface area contributed by atoms with E-state index in [2.05, 4.69) is 22.8 Å². The highest BCUT2D eigenvalue weighted by Crippen LogP contribution is 2.44. The molecule has 180 valence electrons. The van der Waals surface area contributed by atoms with E-state index in [0.29, 0.717) is 5.56 Å². The van der Waals surface area contributed by atoms with E-state index in [-0.39, 0.29) is 18.9 Å². The number of carboxylic acid groups (broad SMARTS) is 1. The van der Waals surface area contributed by atoms with Crippen LogP contribution in [0.5, 0.6) is 0 Å². The van der Waals surface area contributed by atoms with Gasteiger partial charge in [-0.05, 0) is 41.7 Å². The van der Waals surface area contributed by atoms with Crippen LogP contribution in [0.2, 0.25) is 0 Å². The van der Waals surface area contributed by atoms with Gasteiger partial charge in [0.2, 0.25) is 5.91 Å². The summed E-state index contributed by atoms with van der Waals surface area (Å²) >= 11 is 0. The topological polar surface area (TPSA) is 105 Å². The number of alkyl carbamates (subject to hydrolysis) is 1. The molecule has 7 heteroatoms. The number of amides is 2. The summed E-state index contributed by atoms with van der Waals surface area (Å²) in [6.07, 6.45) is -0.726. The lowest BCUT2D eigenvalue weighted by molar-refractivity contribution is -0.147. The molecule has 0 heterocycles. The number of hydrogen-bond acceptors (Lipinski definition) is 4. The van der Waals surface area contributed by atoms with E-state index >= 15 is 0 Å². The predicted molar refractivity (Wildman–Crippen MR) is 132 cm³/mol. The standard InChI is InChI=1S/C28H28N2O5/c1-18(16-25(31)30-28(2,26(32)33)19-10-4-3-5-11-19)29-27(34)35-17-24-22-14-8-6-12-20(22)21-13-7-9-15-23(21)24/h3-15,18,24H,16-17H2,1-2H3,(H,29,34)(H,30,31)(H,32,33)/t18-,28?/m0/s1. The molecule has 35 heavy (non-hydrogen) atoms. The summed E-state index contributed by atoms with van der Waals surface area (Å²) < 4.78 is 5.52. The number of nitrogens with one attached hydrogen (secondary N) is 2. The molecule has 0 fully saturated rings. The van der Waals surface area contributed by atoms with Crippen molar-refractivity contribution >= 4 is 18.0 Å². The number of hydrogen-bond donors (Lipinski definition) is 3. The molecule has 3 aromatic rings. The number of aliphatic carboxylic acids is 1. The first-order valence-electron chi connectivity index (χ1n) is 11.5. The molecule has 1 unspecified atom stereocenters. The van der Waals surface area contributed by atoms with E-state index in [1.165, 1.54) is 6.92 Å². The Bertz CT molecular complexity index is 1200. The highest BCUT2D eigenvalue weighted by atomic mass is 16.5. The first-order valence-corrected chi connectivity index (χ1v) is 11.5. The average molecular weight is 473 g/mol. The van der Waals surface area contributed by atoms with Crippen molar-refractivity contribution in [2.45, 2.75) is 37.8 Å². The maximum Gasteiger partial charge on any atom is 0.407 e. The minimum atomic E-state index is -1.58. The minimum absolute atomic E-state index is 0.0612. The highest BCUT2D eigenvalue weighted by molar-refractivity contribution is 5.88. The molecule has 0 aromatic heterocycles. The minimum Gasteiger partial charge on any atom is -0.479 e. The van der Waals surface area contributed by atoms with Gasteiger partial charge in [-0.15, -0.1) is 0 Å². The Kier molecular flexibility index (Phi) is 6.87. The van der Waals surface area contributed by atoms with E-state index in [4.69, 9.17) is 4.74 Å². The summed E-state index contributed by atoms with van der Waals surface area (Å²) in [6, 6.07) is 24.1. The van der Waals surface area contributed by atoms with Gasteiger partial charge in [0, 0.05) is 18.4 Å². The Morgan fingerprint density at radius 2 is 1.46 bits per heavy atom. The van der Waals surface area contributed by atoms with Crippen LogP contribution < -0.4 is 10.6 Å². The normalized spacial score (nSPS) is 14.7. The fourth-order valence-electron chi connectivity index (χ4n) is 4.52. The van der Waals surface area contributed by atoms with Crippen LogP contribution in [0.3, 0.4) is 0 Å². The molecule has 1 aliphatic carbocycles. The Morgan fingerprint density at radius 1 is 0.914 bits per heavy atom. The summed E-state index contributed by atoms with van der Waals surface area (Å²) in [4.78, 5) is 37.0. The van der Waals surface area contributed by atoms with Crippen LogP contribution in [0.25, 0.3) is 11.1 Å². The number of fused-ring (bicyclic) bond motifs is 3. The molecule has 3 N–H and O–H groups in total. The maximum atomic E-state index is 12.6. The predicted octanol–water partition coefficient (Wildman–Crippen LogP) is 4.42. The molecule has 0 saturated carbocycles. The lowest BCUT2D eigenvalue weighted by Crippen LogP contribution is -2.51. The van der Waals surface area contributed by atoms with Crippen molar-refractivity contribution in [3.8, 4) is 11.1 Å². The Hall–Kier alpha value is -4.13. The first kappa shape index (κ1) is 24.0. The highest BCUT2D eigenvalue weighted by Gasteiger charge is 2.37. The third kappa shape index (κ3) is 5.04. The molecule has 0 bridgehead atoms. The van der Waals surface area contributed by atoms with Gasteiger partial charge in [-0.1, -0.05) is 78.9 Å². The monoisotopic (exact) mass is 472 g/mol. The number of rotatable bonds is 8. The van der Waals surface area contributed by atoms with Gasteiger partial charge in [0.15, 0.2) is 5.54 Å². The molecular weight excluding hydrogens is 444 g/mol. The lowest BCUT2D eigenvalue weighted by atomic mass is 9.91. The van der Waals surface area contributed by atoms with Crippen LogP contribution in [0.4, 0.5) is 4.79 Å². The molecule has 3 aromatic carbocycles. The summed E-state index contributed by atoms with van der Waals surface area (Å²) in [5, 5.41) is 15.0. The van der Waals surface area contributed by atoms with E-state index in [0.717, 1.165) is 22.3 Å². The molecule has 0 spiro atoms. The zero-order valence-electron chi connectivity index (χ0n) is 19.7. The smallest absolute Gasteiger partial charge is 0.407 e. The van der Waals surface area contributed by atoms with Gasteiger partial charge in [0.1, 0.15) is 6.61 Å². The third-order valence-electron chi connectivity index (χ3n) is 6.37. The van der Waals surface area contributed by atoms with Gasteiger partial charge in [-0.3, -0.25) is 4.79 Å². The molecule has 0 radical (unpaired) electrons. The molecule has 0 saturated heterocycles. The Labute approximate surface area is 204 Å². The zero-order chi connectivity index (χ0) is 25.0. The lowest BCUT2D eigenvalue weighted by Gasteiger charge is -2.27. The van der Waals surface area contributed by atoms with Crippen LogP contribution in [0, 0.1) is 0 Å². The number of carbonyl (C=O) groups is 3. The fraction of sp³-hybridized carbons (Fsp3) is 0.250. The van der Waals surface area contributed by atoms with Gasteiger partial charge in [-0.2, -0.15) is 0 Å². The van der Waals surface area contributed by atoms with Crippen LogP contribution in [-0.2, 0) is 19.9 Å². The van der Waals surface area contributed by atoms with Crippen LogP contribution in [-0.4, -0.2) is 35.7 Å². The van der Waals surface area contributed by atoms with Gasteiger partial charge >= 0.3 is 12.1 Å². The molecule has 0 aliphatic heterocycles. The van der Waals surface area contributed by atoms with Crippen molar-refractivity contribution in [2.24, 2.45) is 0 Å². The number of carboxylic acids is 1. The zero-order valence-corrected chi connectivity index (χ0v) is 19.7. The Balaban J connectivity index is 1.33. The quantitative estimate of drug-likeness (QED) is 0.450. The van der Waals surface area contributed by atoms with Crippen molar-refractivity contribution in [3.05, 3.63) is 95.6 Å². The second-order valence-corrected chi connectivity index (χ2v) is 8.92. The van der Waals surface area contributed by atoms with Crippen LogP contribution in [0.15, 0.2) is 78.9 Å². The third-order valence-corrected chi connectivity index (χ3v) is 6.37. The van der Waals surface area contributed by atoms with Crippen molar-refractivity contribution in [3.63, 3.8) is 0 Å². The molecule has 2 atom stereocenters. The van der Waals surface area contributed by atoms with Crippen LogP contribution in [0.1, 0.15) is 42.9 Å². The maximum absolute atomic E-state index is 12.6. The van der Waals surface area contributed by atoms with E-state index in [1.807, 2.05) is 36.4 Å². The number of carbonyl (C=O) groups excluding carboxylic acids is 2. The summed E-state index contributed by atoms with van der Waals surface area (Å²) in [5.74, 6) is -1.73. The SMILES string of the molecule is C[C@@H](CC(=O)NC(C)(C(=O)O)c1ccccc1)NC(=O)OCC1c2ccccc2-c2ccccc21. The summed E-state index contributed by atoms with van der Waals surface area (Å²) in [5.41, 5.74) is 3.38. The van der Waals surface area contributed by atoms with Crippen LogP contribution >= 0.6 is 0 Å². The van der Waals surface area contributed by atoms with Gasteiger partial charge in [0.25, 0.3) is 0 Å². The molecule has 1 aliphatic rings. The van der Waals surface area contributed by atoms with Crippen molar-refractivity contribution in [1.82, 2.24) is 10.6 Å². The van der Waals surface area contributed by atoms with E-state index in [1.54, 1.807) is 37.3 Å². The van der Waals surface area contributed by atoms with Crippen molar-refractivity contribution < 1.29 is 24.2 Å². The molecule has 7 nitrogen and oxygen atoms in total. The molecule has 4 rings (SSSR count). The molecular formula is C28H28N2O5. The Morgan fingerprint density at radius 3 is 2.03 bits per heavy atom. The van der Waals surface area contributed by atoms with E-state index < -0.39 is 29.6 Å². The average Bonchev–Trinajstić information content (AvgIpc) is 3.16. The van der Waals surface area contributed by atoms with Gasteiger partial charge in [0.05, 0.1) is 0 Å². The van der Waals surface area contributed by atoms with Gasteiger partial charge < -0.3 is 20.5 Å². The second kappa shape index (κ2) is 10.0. The van der Waals surface area contributed by atoms with Crippen molar-refractivity contribution in [1.29, 1.82) is 0 Å².